The lowest BCUT2D eigenvalue weighted by molar-refractivity contribution is 0.257. The van der Waals surface area contributed by atoms with Crippen LogP contribution in [0, 0.1) is 0 Å². The van der Waals surface area contributed by atoms with Crippen LogP contribution >= 0.6 is 0 Å². The van der Waals surface area contributed by atoms with Gasteiger partial charge in [-0.3, -0.25) is 4.68 Å². The van der Waals surface area contributed by atoms with E-state index in [-0.39, 0.29) is 0 Å². The first-order valence-corrected chi connectivity index (χ1v) is 7.62. The number of nitrogens with zero attached hydrogens (tertiary/aromatic N) is 2. The van der Waals surface area contributed by atoms with E-state index in [0.717, 1.165) is 12.3 Å². The van der Waals surface area contributed by atoms with Crippen molar-refractivity contribution in [2.24, 2.45) is 0 Å². The second-order valence-electron chi connectivity index (χ2n) is 5.94. The predicted octanol–water partition coefficient (Wildman–Crippen LogP) is 2.82. The quantitative estimate of drug-likeness (QED) is 0.887. The molecule has 1 aromatic carbocycles. The molecule has 1 fully saturated rings. The lowest BCUT2D eigenvalue weighted by Crippen LogP contribution is -2.45. The Kier molecular flexibility index (Phi) is 4.25. The summed E-state index contributed by atoms with van der Waals surface area (Å²) in [4.78, 5) is 0. The minimum Gasteiger partial charge on any atom is -0.497 e. The molecule has 4 heteroatoms. The zero-order valence-electron chi connectivity index (χ0n) is 12.7. The second kappa shape index (κ2) is 6.31. The number of nitrogens with one attached hydrogen (secondary N) is 1. The van der Waals surface area contributed by atoms with E-state index in [0.29, 0.717) is 18.0 Å². The summed E-state index contributed by atoms with van der Waals surface area (Å²) in [5.41, 5.74) is 1.40. The Bertz CT molecular complexity index is 561. The number of methoxy groups -OCH3 is 1. The van der Waals surface area contributed by atoms with Crippen LogP contribution < -0.4 is 10.1 Å². The fraction of sp³-hybridized carbons (Fsp3) is 0.471. The maximum absolute atomic E-state index is 5.30. The Morgan fingerprint density at radius 3 is 2.95 bits per heavy atom. The van der Waals surface area contributed by atoms with Gasteiger partial charge in [0.2, 0.25) is 0 Å². The van der Waals surface area contributed by atoms with Crippen LogP contribution in [0.4, 0.5) is 0 Å². The van der Waals surface area contributed by atoms with Crippen LogP contribution in [0.15, 0.2) is 42.7 Å². The van der Waals surface area contributed by atoms with Gasteiger partial charge >= 0.3 is 0 Å². The van der Waals surface area contributed by atoms with E-state index < -0.39 is 0 Å². The maximum Gasteiger partial charge on any atom is 0.119 e. The number of benzene rings is 1. The number of hydrogen-bond donors (Lipinski definition) is 1. The molecule has 1 atom stereocenters. The summed E-state index contributed by atoms with van der Waals surface area (Å²) in [5, 5.41) is 7.94. The third-order valence-electron chi connectivity index (χ3n) is 4.24. The van der Waals surface area contributed by atoms with Crippen molar-refractivity contribution in [3.05, 3.63) is 48.3 Å². The Labute approximate surface area is 126 Å². The van der Waals surface area contributed by atoms with Gasteiger partial charge in [0.15, 0.2) is 0 Å². The molecule has 4 nitrogen and oxygen atoms in total. The molecule has 1 saturated carbocycles. The van der Waals surface area contributed by atoms with Gasteiger partial charge in [0, 0.05) is 24.5 Å². The summed E-state index contributed by atoms with van der Waals surface area (Å²) in [6.45, 7) is 3.15. The van der Waals surface area contributed by atoms with Gasteiger partial charge in [0.25, 0.3) is 0 Å². The molecule has 1 N–H and O–H groups in total. The Morgan fingerprint density at radius 2 is 2.24 bits per heavy atom. The van der Waals surface area contributed by atoms with Crippen molar-refractivity contribution in [3.63, 3.8) is 0 Å². The summed E-state index contributed by atoms with van der Waals surface area (Å²) in [7, 11) is 1.72. The van der Waals surface area contributed by atoms with Crippen LogP contribution in [0.5, 0.6) is 5.75 Å². The lowest BCUT2D eigenvalue weighted by atomic mass is 9.75. The van der Waals surface area contributed by atoms with Crippen molar-refractivity contribution < 1.29 is 4.74 Å². The molecule has 2 aromatic rings. The minimum absolute atomic E-state index is 0.446. The first-order valence-electron chi connectivity index (χ1n) is 7.62. The molecule has 3 rings (SSSR count). The van der Waals surface area contributed by atoms with Crippen LogP contribution in [0.3, 0.4) is 0 Å². The van der Waals surface area contributed by atoms with Crippen molar-refractivity contribution in [2.75, 3.05) is 7.11 Å². The van der Waals surface area contributed by atoms with Crippen LogP contribution in [-0.4, -0.2) is 29.0 Å². The zero-order valence-corrected chi connectivity index (χ0v) is 12.7. The molecule has 1 unspecified atom stereocenters. The standard InChI is InChI=1S/C17H23N3O/c1-13(12-20-8-4-7-18-20)19-16-9-15(10-16)14-5-3-6-17(11-14)21-2/h3-8,11,13,15-16,19H,9-10,12H2,1-2H3. The molecular weight excluding hydrogens is 262 g/mol. The largest absolute Gasteiger partial charge is 0.497 e. The van der Waals surface area contributed by atoms with E-state index in [1.54, 1.807) is 7.11 Å². The van der Waals surface area contributed by atoms with Crippen molar-refractivity contribution >= 4 is 0 Å². The molecule has 1 aromatic heterocycles. The topological polar surface area (TPSA) is 39.1 Å². The van der Waals surface area contributed by atoms with Crippen molar-refractivity contribution in [1.29, 1.82) is 0 Å². The molecule has 0 aliphatic heterocycles. The van der Waals surface area contributed by atoms with E-state index in [4.69, 9.17) is 4.74 Å². The zero-order chi connectivity index (χ0) is 14.7. The normalized spacial score (nSPS) is 22.6. The first-order chi connectivity index (χ1) is 10.2. The Balaban J connectivity index is 1.47. The van der Waals surface area contributed by atoms with Crippen LogP contribution in [-0.2, 0) is 6.54 Å². The van der Waals surface area contributed by atoms with Gasteiger partial charge in [-0.25, -0.2) is 0 Å². The van der Waals surface area contributed by atoms with Crippen molar-refractivity contribution in [1.82, 2.24) is 15.1 Å². The SMILES string of the molecule is COc1cccc(C2CC(NC(C)Cn3cccn3)C2)c1. The van der Waals surface area contributed by atoms with Gasteiger partial charge < -0.3 is 10.1 Å². The summed E-state index contributed by atoms with van der Waals surface area (Å²) < 4.78 is 7.28. The van der Waals surface area contributed by atoms with Gasteiger partial charge in [-0.15, -0.1) is 0 Å². The van der Waals surface area contributed by atoms with Gasteiger partial charge in [-0.2, -0.15) is 5.10 Å². The first kappa shape index (κ1) is 14.1. The van der Waals surface area contributed by atoms with Gasteiger partial charge in [-0.05, 0) is 49.4 Å². The predicted molar refractivity (Wildman–Crippen MR) is 83.6 cm³/mol. The smallest absolute Gasteiger partial charge is 0.119 e. The van der Waals surface area contributed by atoms with Crippen molar-refractivity contribution in [2.45, 2.75) is 44.3 Å². The highest BCUT2D eigenvalue weighted by Gasteiger charge is 2.31. The Morgan fingerprint density at radius 1 is 1.38 bits per heavy atom. The monoisotopic (exact) mass is 285 g/mol. The third kappa shape index (κ3) is 3.45. The van der Waals surface area contributed by atoms with E-state index in [2.05, 4.69) is 35.5 Å². The third-order valence-corrected chi connectivity index (χ3v) is 4.24. The highest BCUT2D eigenvalue weighted by Crippen LogP contribution is 2.38. The molecule has 1 aliphatic carbocycles. The van der Waals surface area contributed by atoms with Crippen LogP contribution in [0.1, 0.15) is 31.2 Å². The van der Waals surface area contributed by atoms with Crippen LogP contribution in [0.2, 0.25) is 0 Å². The summed E-state index contributed by atoms with van der Waals surface area (Å²) in [6.07, 6.45) is 6.25. The Hall–Kier alpha value is -1.81. The van der Waals surface area contributed by atoms with E-state index in [1.165, 1.54) is 18.4 Å². The number of aromatic nitrogens is 2. The maximum atomic E-state index is 5.30. The average molecular weight is 285 g/mol. The van der Waals surface area contributed by atoms with Crippen molar-refractivity contribution in [3.8, 4) is 5.75 Å². The van der Waals surface area contributed by atoms with Crippen LogP contribution in [0.25, 0.3) is 0 Å². The van der Waals surface area contributed by atoms with E-state index in [1.807, 2.05) is 29.2 Å². The summed E-state index contributed by atoms with van der Waals surface area (Å²) >= 11 is 0. The molecule has 1 heterocycles. The lowest BCUT2D eigenvalue weighted by Gasteiger charge is -2.38. The molecule has 0 bridgehead atoms. The average Bonchev–Trinajstić information content (AvgIpc) is 2.95. The molecule has 1 aliphatic rings. The molecule has 0 amide bonds. The molecular formula is C17H23N3O. The second-order valence-corrected chi connectivity index (χ2v) is 5.94. The molecule has 0 radical (unpaired) electrons. The highest BCUT2D eigenvalue weighted by atomic mass is 16.5. The van der Waals surface area contributed by atoms with E-state index in [9.17, 15) is 0 Å². The fourth-order valence-electron chi connectivity index (χ4n) is 3.07. The summed E-state index contributed by atoms with van der Waals surface area (Å²) in [6, 6.07) is 11.5. The molecule has 112 valence electrons. The molecule has 0 spiro atoms. The van der Waals surface area contributed by atoms with Gasteiger partial charge in [0.1, 0.15) is 5.75 Å². The minimum atomic E-state index is 0.446. The number of hydrogen-bond acceptors (Lipinski definition) is 3. The molecule has 0 saturated heterocycles. The summed E-state index contributed by atoms with van der Waals surface area (Å²) in [5.74, 6) is 1.62. The highest BCUT2D eigenvalue weighted by molar-refractivity contribution is 5.32. The molecule has 21 heavy (non-hydrogen) atoms. The van der Waals surface area contributed by atoms with Gasteiger partial charge in [0.05, 0.1) is 13.7 Å². The number of rotatable bonds is 6. The van der Waals surface area contributed by atoms with E-state index >= 15 is 0 Å². The fourth-order valence-corrected chi connectivity index (χ4v) is 3.07. The number of ether oxygens (including phenoxy) is 1. The van der Waals surface area contributed by atoms with Gasteiger partial charge in [-0.1, -0.05) is 12.1 Å².